The molecule has 0 aromatic heterocycles. The Hall–Kier alpha value is -1.90. The van der Waals surface area contributed by atoms with E-state index in [1.54, 1.807) is 18.2 Å². The third-order valence-electron chi connectivity index (χ3n) is 3.87. The van der Waals surface area contributed by atoms with E-state index in [9.17, 15) is 13.2 Å². The number of carbonyl (C=O) groups is 1. The molecule has 0 heterocycles. The van der Waals surface area contributed by atoms with Crippen LogP contribution in [0.1, 0.15) is 24.1 Å². The molecule has 2 aromatic carbocycles. The highest BCUT2D eigenvalue weighted by molar-refractivity contribution is 9.10. The van der Waals surface area contributed by atoms with Gasteiger partial charge in [-0.15, -0.1) is 0 Å². The van der Waals surface area contributed by atoms with Gasteiger partial charge in [0, 0.05) is 25.1 Å². The number of sulfonamides is 1. The van der Waals surface area contributed by atoms with Gasteiger partial charge in [-0.3, -0.25) is 0 Å². The van der Waals surface area contributed by atoms with E-state index < -0.39 is 10.0 Å². The molecule has 0 saturated carbocycles. The minimum absolute atomic E-state index is 0.111. The van der Waals surface area contributed by atoms with Crippen LogP contribution in [0, 0.1) is 0 Å². The molecule has 0 aliphatic rings. The van der Waals surface area contributed by atoms with Crippen molar-refractivity contribution in [1.29, 1.82) is 0 Å². The van der Waals surface area contributed by atoms with Crippen LogP contribution in [0.3, 0.4) is 0 Å². The van der Waals surface area contributed by atoms with Crippen LogP contribution >= 0.6 is 15.9 Å². The normalized spacial score (nSPS) is 12.7. The summed E-state index contributed by atoms with van der Waals surface area (Å²) in [6.07, 6.45) is 0. The molecule has 0 radical (unpaired) electrons. The van der Waals surface area contributed by atoms with Gasteiger partial charge in [0.2, 0.25) is 10.0 Å². The molecular weight excluding hydrogens is 418 g/mol. The average molecular weight is 440 g/mol. The molecule has 2 N–H and O–H groups in total. The number of hydrogen-bond acceptors (Lipinski definition) is 3. The Kier molecular flexibility index (Phi) is 6.80. The fraction of sp³-hybridized carbons (Fsp3) is 0.278. The molecule has 1 atom stereocenters. The molecule has 26 heavy (non-hydrogen) atoms. The zero-order valence-electron chi connectivity index (χ0n) is 14.9. The molecule has 1 unspecified atom stereocenters. The number of amides is 2. The molecule has 0 fully saturated rings. The van der Waals surface area contributed by atoms with E-state index in [1.807, 2.05) is 31.2 Å². The fourth-order valence-electron chi connectivity index (χ4n) is 2.38. The first-order chi connectivity index (χ1) is 12.2. The van der Waals surface area contributed by atoms with Crippen molar-refractivity contribution in [2.24, 2.45) is 0 Å². The SMILES string of the molecule is CC(NC(=O)NCc1ccccc1S(=O)(=O)N(C)C)c1cccc(Br)c1. The predicted octanol–water partition coefficient (Wildman–Crippen LogP) is 3.26. The lowest BCUT2D eigenvalue weighted by Crippen LogP contribution is -2.37. The second-order valence-electron chi connectivity index (χ2n) is 6.00. The van der Waals surface area contributed by atoms with Crippen LogP contribution in [0.4, 0.5) is 4.79 Å². The van der Waals surface area contributed by atoms with E-state index >= 15 is 0 Å². The van der Waals surface area contributed by atoms with Gasteiger partial charge >= 0.3 is 6.03 Å². The van der Waals surface area contributed by atoms with Gasteiger partial charge < -0.3 is 10.6 Å². The maximum atomic E-state index is 12.4. The lowest BCUT2D eigenvalue weighted by Gasteiger charge is -2.17. The summed E-state index contributed by atoms with van der Waals surface area (Å²) in [7, 11) is -0.614. The number of rotatable bonds is 6. The number of benzene rings is 2. The van der Waals surface area contributed by atoms with Crippen molar-refractivity contribution in [3.05, 3.63) is 64.1 Å². The molecule has 0 spiro atoms. The summed E-state index contributed by atoms with van der Waals surface area (Å²) in [5.74, 6) is 0. The highest BCUT2D eigenvalue weighted by Gasteiger charge is 2.21. The van der Waals surface area contributed by atoms with E-state index in [1.165, 1.54) is 20.2 Å². The predicted molar refractivity (Wildman–Crippen MR) is 105 cm³/mol. The van der Waals surface area contributed by atoms with Crippen LogP contribution in [0.2, 0.25) is 0 Å². The van der Waals surface area contributed by atoms with Gasteiger partial charge in [0.1, 0.15) is 0 Å². The number of nitrogens with zero attached hydrogens (tertiary/aromatic N) is 1. The summed E-state index contributed by atoms with van der Waals surface area (Å²) in [4.78, 5) is 12.4. The molecule has 6 nitrogen and oxygen atoms in total. The van der Waals surface area contributed by atoms with Gasteiger partial charge in [0.25, 0.3) is 0 Å². The Morgan fingerprint density at radius 3 is 2.50 bits per heavy atom. The zero-order valence-corrected chi connectivity index (χ0v) is 17.3. The highest BCUT2D eigenvalue weighted by Crippen LogP contribution is 2.19. The van der Waals surface area contributed by atoms with Crippen LogP contribution in [-0.4, -0.2) is 32.8 Å². The molecule has 0 aliphatic heterocycles. The molecule has 0 bridgehead atoms. The topological polar surface area (TPSA) is 78.5 Å². The van der Waals surface area contributed by atoms with E-state index in [4.69, 9.17) is 0 Å². The van der Waals surface area contributed by atoms with Crippen molar-refractivity contribution in [3.63, 3.8) is 0 Å². The second-order valence-corrected chi connectivity index (χ2v) is 9.03. The van der Waals surface area contributed by atoms with Gasteiger partial charge in [-0.1, -0.05) is 46.3 Å². The van der Waals surface area contributed by atoms with Crippen LogP contribution in [0.5, 0.6) is 0 Å². The molecular formula is C18H22BrN3O3S. The number of nitrogens with one attached hydrogen (secondary N) is 2. The first kappa shape index (κ1) is 20.4. The molecule has 2 aromatic rings. The van der Waals surface area contributed by atoms with Crippen LogP contribution in [0.15, 0.2) is 57.9 Å². The van der Waals surface area contributed by atoms with Crippen molar-refractivity contribution in [2.45, 2.75) is 24.4 Å². The summed E-state index contributed by atoms with van der Waals surface area (Å²) in [5.41, 5.74) is 1.50. The average Bonchev–Trinajstić information content (AvgIpc) is 2.60. The smallest absolute Gasteiger partial charge is 0.315 e. The molecule has 0 saturated heterocycles. The molecule has 2 rings (SSSR count). The van der Waals surface area contributed by atoms with E-state index in [0.29, 0.717) is 5.56 Å². The Bertz CT molecular complexity index is 885. The van der Waals surface area contributed by atoms with Crippen molar-refractivity contribution >= 4 is 32.0 Å². The summed E-state index contributed by atoms with van der Waals surface area (Å²) >= 11 is 3.41. The van der Waals surface area contributed by atoms with Gasteiger partial charge in [-0.05, 0) is 36.2 Å². The quantitative estimate of drug-likeness (QED) is 0.724. The third-order valence-corrected chi connectivity index (χ3v) is 6.28. The first-order valence-electron chi connectivity index (χ1n) is 8.02. The standard InChI is InChI=1S/C18H22BrN3O3S/c1-13(14-8-6-9-16(19)11-14)21-18(23)20-12-15-7-4-5-10-17(15)26(24,25)22(2)3/h4-11,13H,12H2,1-3H3,(H2,20,21,23). The summed E-state index contributed by atoms with van der Waals surface area (Å²) < 4.78 is 26.9. The van der Waals surface area contributed by atoms with Crippen molar-refractivity contribution in [1.82, 2.24) is 14.9 Å². The zero-order chi connectivity index (χ0) is 19.3. The van der Waals surface area contributed by atoms with E-state index in [2.05, 4.69) is 26.6 Å². The van der Waals surface area contributed by atoms with Gasteiger partial charge in [0.15, 0.2) is 0 Å². The van der Waals surface area contributed by atoms with Gasteiger partial charge in [0.05, 0.1) is 10.9 Å². The Morgan fingerprint density at radius 2 is 1.85 bits per heavy atom. The third kappa shape index (κ3) is 5.06. The molecule has 2 amide bonds. The Labute approximate surface area is 162 Å². The highest BCUT2D eigenvalue weighted by atomic mass is 79.9. The number of urea groups is 1. The molecule has 0 aliphatic carbocycles. The minimum Gasteiger partial charge on any atom is -0.334 e. The maximum absolute atomic E-state index is 12.4. The molecule has 140 valence electrons. The lowest BCUT2D eigenvalue weighted by atomic mass is 10.1. The van der Waals surface area contributed by atoms with E-state index in [0.717, 1.165) is 14.3 Å². The van der Waals surface area contributed by atoms with Crippen molar-refractivity contribution in [3.8, 4) is 0 Å². The maximum Gasteiger partial charge on any atom is 0.315 e. The van der Waals surface area contributed by atoms with Gasteiger partial charge in [-0.25, -0.2) is 17.5 Å². The monoisotopic (exact) mass is 439 g/mol. The summed E-state index contributed by atoms with van der Waals surface area (Å²) in [5, 5.41) is 5.56. The number of hydrogen-bond donors (Lipinski definition) is 2. The fourth-order valence-corrected chi connectivity index (χ4v) is 3.91. The Balaban J connectivity index is 2.04. The lowest BCUT2D eigenvalue weighted by molar-refractivity contribution is 0.237. The Morgan fingerprint density at radius 1 is 1.15 bits per heavy atom. The number of carbonyl (C=O) groups excluding carboxylic acids is 1. The second kappa shape index (κ2) is 8.66. The van der Waals surface area contributed by atoms with Crippen molar-refractivity contribution in [2.75, 3.05) is 14.1 Å². The van der Waals surface area contributed by atoms with Gasteiger partial charge in [-0.2, -0.15) is 0 Å². The minimum atomic E-state index is -3.57. The largest absolute Gasteiger partial charge is 0.334 e. The van der Waals surface area contributed by atoms with Crippen LogP contribution < -0.4 is 10.6 Å². The van der Waals surface area contributed by atoms with E-state index in [-0.39, 0.29) is 23.5 Å². The van der Waals surface area contributed by atoms with Crippen LogP contribution in [0.25, 0.3) is 0 Å². The molecule has 8 heteroatoms. The van der Waals surface area contributed by atoms with Crippen molar-refractivity contribution < 1.29 is 13.2 Å². The summed E-state index contributed by atoms with van der Waals surface area (Å²) in [6.45, 7) is 1.99. The van der Waals surface area contributed by atoms with Crippen LogP contribution in [-0.2, 0) is 16.6 Å². The summed E-state index contributed by atoms with van der Waals surface area (Å²) in [6, 6.07) is 13.8. The number of halogens is 1. The first-order valence-corrected chi connectivity index (χ1v) is 10.3.